The summed E-state index contributed by atoms with van der Waals surface area (Å²) in [4.78, 5) is 12.3. The predicted octanol–water partition coefficient (Wildman–Crippen LogP) is 1.31. The molecule has 0 bridgehead atoms. The summed E-state index contributed by atoms with van der Waals surface area (Å²) in [5.74, 6) is -0.669. The third kappa shape index (κ3) is 4.23. The molecule has 2 aliphatic heterocycles. The minimum absolute atomic E-state index is 0.0655. The summed E-state index contributed by atoms with van der Waals surface area (Å²) in [7, 11) is 0. The first kappa shape index (κ1) is 19.2. The fraction of sp³-hybridized carbons (Fsp3) is 0.632. The zero-order valence-corrected chi connectivity index (χ0v) is 14.9. The SMILES string of the molecule is C[C@H]1O[C@@H](c2cccc(F)c2)C[C@@](O)(CNC(=O)C2CCOCC2)[C@@H]1O. The van der Waals surface area contributed by atoms with Crippen molar-refractivity contribution in [3.05, 3.63) is 35.6 Å². The van der Waals surface area contributed by atoms with E-state index in [1.165, 1.54) is 12.1 Å². The Kier molecular flexibility index (Phi) is 5.92. The Labute approximate surface area is 152 Å². The first-order valence-corrected chi connectivity index (χ1v) is 9.06. The highest BCUT2D eigenvalue weighted by atomic mass is 19.1. The second-order valence-corrected chi connectivity index (χ2v) is 7.24. The van der Waals surface area contributed by atoms with E-state index in [9.17, 15) is 19.4 Å². The summed E-state index contributed by atoms with van der Waals surface area (Å²) in [5, 5.41) is 24.2. The standard InChI is InChI=1S/C19H26FNO5/c1-12-17(22)19(24,11-21-18(23)13-5-7-25-8-6-13)10-16(26-12)14-3-2-4-15(20)9-14/h2-4,9,12-13,16-17,22,24H,5-8,10-11H2,1H3,(H,21,23)/t12-,16-,17-,19-/m1/s1. The van der Waals surface area contributed by atoms with Gasteiger partial charge in [0.2, 0.25) is 5.91 Å². The van der Waals surface area contributed by atoms with Crippen LogP contribution < -0.4 is 5.32 Å². The first-order valence-electron chi connectivity index (χ1n) is 9.06. The summed E-state index contributed by atoms with van der Waals surface area (Å²) in [6.07, 6.45) is -0.995. The average Bonchev–Trinajstić information content (AvgIpc) is 2.65. The van der Waals surface area contributed by atoms with Crippen LogP contribution in [0.15, 0.2) is 24.3 Å². The lowest BCUT2D eigenvalue weighted by molar-refractivity contribution is -0.211. The molecule has 1 aromatic rings. The highest BCUT2D eigenvalue weighted by Crippen LogP contribution is 2.37. The summed E-state index contributed by atoms with van der Waals surface area (Å²) in [6.45, 7) is 2.68. The van der Waals surface area contributed by atoms with Gasteiger partial charge in [0.05, 0.1) is 12.2 Å². The smallest absolute Gasteiger partial charge is 0.223 e. The third-order valence-corrected chi connectivity index (χ3v) is 5.29. The van der Waals surface area contributed by atoms with Crippen molar-refractivity contribution in [1.29, 1.82) is 0 Å². The van der Waals surface area contributed by atoms with Gasteiger partial charge in [-0.1, -0.05) is 12.1 Å². The van der Waals surface area contributed by atoms with Crippen LogP contribution in [-0.2, 0) is 14.3 Å². The van der Waals surface area contributed by atoms with Gasteiger partial charge in [-0.25, -0.2) is 4.39 Å². The van der Waals surface area contributed by atoms with Crippen molar-refractivity contribution < 1.29 is 28.9 Å². The molecule has 0 spiro atoms. The molecule has 0 unspecified atom stereocenters. The van der Waals surface area contributed by atoms with Crippen LogP contribution in [0.25, 0.3) is 0 Å². The molecule has 6 nitrogen and oxygen atoms in total. The van der Waals surface area contributed by atoms with Crippen LogP contribution in [0.5, 0.6) is 0 Å². The highest BCUT2D eigenvalue weighted by molar-refractivity contribution is 5.78. The maximum atomic E-state index is 13.5. The number of hydrogen-bond donors (Lipinski definition) is 3. The van der Waals surface area contributed by atoms with Crippen LogP contribution in [0.2, 0.25) is 0 Å². The third-order valence-electron chi connectivity index (χ3n) is 5.29. The molecule has 7 heteroatoms. The van der Waals surface area contributed by atoms with E-state index in [-0.39, 0.29) is 30.6 Å². The molecule has 0 aromatic heterocycles. The Balaban J connectivity index is 1.67. The number of carbonyl (C=O) groups is 1. The van der Waals surface area contributed by atoms with Gasteiger partial charge in [0.15, 0.2) is 0 Å². The Bertz CT molecular complexity index is 636. The van der Waals surface area contributed by atoms with Crippen molar-refractivity contribution >= 4 is 5.91 Å². The number of carbonyl (C=O) groups excluding carboxylic acids is 1. The van der Waals surface area contributed by atoms with Gasteiger partial charge in [0, 0.05) is 32.1 Å². The van der Waals surface area contributed by atoms with E-state index in [0.717, 1.165) is 0 Å². The fourth-order valence-corrected chi connectivity index (χ4v) is 3.68. The zero-order chi connectivity index (χ0) is 18.7. The molecule has 2 aliphatic rings. The Morgan fingerprint density at radius 1 is 1.38 bits per heavy atom. The Morgan fingerprint density at radius 3 is 2.81 bits per heavy atom. The molecule has 2 fully saturated rings. The van der Waals surface area contributed by atoms with Gasteiger partial charge in [-0.15, -0.1) is 0 Å². The van der Waals surface area contributed by atoms with Gasteiger partial charge >= 0.3 is 0 Å². The first-order chi connectivity index (χ1) is 12.4. The number of aliphatic hydroxyl groups excluding tert-OH is 1. The molecule has 2 heterocycles. The summed E-state index contributed by atoms with van der Waals surface area (Å²) in [5.41, 5.74) is -0.951. The van der Waals surface area contributed by atoms with Crippen molar-refractivity contribution in [2.75, 3.05) is 19.8 Å². The minimum atomic E-state index is -1.55. The number of benzene rings is 1. The van der Waals surface area contributed by atoms with E-state index in [4.69, 9.17) is 9.47 Å². The number of halogens is 1. The summed E-state index contributed by atoms with van der Waals surface area (Å²) < 4.78 is 24.5. The molecular formula is C19H26FNO5. The van der Waals surface area contributed by atoms with Crippen LogP contribution in [0.1, 0.15) is 37.9 Å². The predicted molar refractivity (Wildman–Crippen MR) is 91.8 cm³/mol. The quantitative estimate of drug-likeness (QED) is 0.747. The molecule has 4 atom stereocenters. The fourth-order valence-electron chi connectivity index (χ4n) is 3.68. The number of hydrogen-bond acceptors (Lipinski definition) is 5. The highest BCUT2D eigenvalue weighted by Gasteiger charge is 2.47. The van der Waals surface area contributed by atoms with Gasteiger partial charge < -0.3 is 25.0 Å². The van der Waals surface area contributed by atoms with E-state index in [1.54, 1.807) is 19.1 Å². The molecule has 3 N–H and O–H groups in total. The maximum Gasteiger partial charge on any atom is 0.223 e. The molecule has 0 radical (unpaired) electrons. The van der Waals surface area contributed by atoms with Gasteiger partial charge in [-0.2, -0.15) is 0 Å². The van der Waals surface area contributed by atoms with Crippen molar-refractivity contribution in [2.45, 2.75) is 50.1 Å². The van der Waals surface area contributed by atoms with Gasteiger partial charge in [-0.05, 0) is 37.5 Å². The molecule has 3 rings (SSSR count). The lowest BCUT2D eigenvalue weighted by Crippen LogP contribution is -2.60. The monoisotopic (exact) mass is 367 g/mol. The number of aliphatic hydroxyl groups is 2. The van der Waals surface area contributed by atoms with Crippen LogP contribution in [0.3, 0.4) is 0 Å². The molecule has 2 saturated heterocycles. The molecular weight excluding hydrogens is 341 g/mol. The Hall–Kier alpha value is -1.54. The maximum absolute atomic E-state index is 13.5. The number of rotatable bonds is 4. The summed E-state index contributed by atoms with van der Waals surface area (Å²) >= 11 is 0. The minimum Gasteiger partial charge on any atom is -0.387 e. The van der Waals surface area contributed by atoms with Crippen molar-refractivity contribution in [2.24, 2.45) is 5.92 Å². The lowest BCUT2D eigenvalue weighted by Gasteiger charge is -2.44. The molecule has 1 aromatic carbocycles. The van der Waals surface area contributed by atoms with E-state index >= 15 is 0 Å². The van der Waals surface area contributed by atoms with Crippen molar-refractivity contribution in [3.8, 4) is 0 Å². The van der Waals surface area contributed by atoms with Gasteiger partial charge in [0.1, 0.15) is 17.5 Å². The Morgan fingerprint density at radius 2 is 2.12 bits per heavy atom. The van der Waals surface area contributed by atoms with E-state index < -0.39 is 23.9 Å². The van der Waals surface area contributed by atoms with Crippen molar-refractivity contribution in [3.63, 3.8) is 0 Å². The normalized spacial score (nSPS) is 33.0. The van der Waals surface area contributed by atoms with E-state index in [2.05, 4.69) is 5.32 Å². The lowest BCUT2D eigenvalue weighted by atomic mass is 9.82. The van der Waals surface area contributed by atoms with E-state index in [0.29, 0.717) is 31.6 Å². The second kappa shape index (κ2) is 8.00. The summed E-state index contributed by atoms with van der Waals surface area (Å²) in [6, 6.07) is 6.00. The zero-order valence-electron chi connectivity index (χ0n) is 14.9. The molecule has 26 heavy (non-hydrogen) atoms. The van der Waals surface area contributed by atoms with Crippen LogP contribution >= 0.6 is 0 Å². The number of amides is 1. The van der Waals surface area contributed by atoms with Gasteiger partial charge in [0.25, 0.3) is 0 Å². The number of nitrogens with one attached hydrogen (secondary N) is 1. The van der Waals surface area contributed by atoms with Gasteiger partial charge in [-0.3, -0.25) is 4.79 Å². The average molecular weight is 367 g/mol. The van der Waals surface area contributed by atoms with E-state index in [1.807, 2.05) is 0 Å². The van der Waals surface area contributed by atoms with Crippen LogP contribution in [-0.4, -0.2) is 53.7 Å². The van der Waals surface area contributed by atoms with Crippen LogP contribution in [0.4, 0.5) is 4.39 Å². The second-order valence-electron chi connectivity index (χ2n) is 7.24. The number of ether oxygens (including phenoxy) is 2. The molecule has 1 amide bonds. The van der Waals surface area contributed by atoms with Crippen molar-refractivity contribution in [1.82, 2.24) is 5.32 Å². The topological polar surface area (TPSA) is 88.0 Å². The molecule has 0 aliphatic carbocycles. The van der Waals surface area contributed by atoms with Crippen LogP contribution in [0, 0.1) is 11.7 Å². The largest absolute Gasteiger partial charge is 0.387 e. The molecule has 144 valence electrons. The molecule has 0 saturated carbocycles.